The van der Waals surface area contributed by atoms with Crippen LogP contribution in [-0.4, -0.2) is 77.9 Å². The smallest absolute Gasteiger partial charge is 0.251 e. The molecule has 0 aliphatic carbocycles. The molecule has 13 heteroatoms. The van der Waals surface area contributed by atoms with E-state index >= 15 is 0 Å². The first-order valence-corrected chi connectivity index (χ1v) is 17.8. The minimum atomic E-state index is -3.84. The van der Waals surface area contributed by atoms with Crippen LogP contribution in [0.25, 0.3) is 10.9 Å². The van der Waals surface area contributed by atoms with Crippen molar-refractivity contribution in [3.05, 3.63) is 101 Å². The molecule has 2 aliphatic rings. The van der Waals surface area contributed by atoms with Crippen molar-refractivity contribution in [2.75, 3.05) is 24.4 Å². The van der Waals surface area contributed by atoms with Crippen LogP contribution in [0, 0.1) is 11.6 Å². The fourth-order valence-corrected chi connectivity index (χ4v) is 8.40. The molecule has 1 aromatic heterocycles. The Morgan fingerprint density at radius 1 is 1.08 bits per heavy atom. The van der Waals surface area contributed by atoms with Crippen LogP contribution in [0.15, 0.2) is 66.9 Å². The van der Waals surface area contributed by atoms with E-state index in [9.17, 15) is 31.9 Å². The molecule has 0 bridgehead atoms. The molecule has 0 saturated carbocycles. The number of carbonyl (C=O) groups is 2. The largest absolute Gasteiger partial charge is 0.389 e. The van der Waals surface area contributed by atoms with Gasteiger partial charge in [0.2, 0.25) is 15.9 Å². The molecule has 0 spiro atoms. The average Bonchev–Trinajstić information content (AvgIpc) is 3.38. The van der Waals surface area contributed by atoms with Crippen LogP contribution in [0.2, 0.25) is 0 Å². The Morgan fingerprint density at radius 2 is 1.78 bits per heavy atom. The van der Waals surface area contributed by atoms with Crippen LogP contribution < -0.4 is 14.9 Å². The minimum Gasteiger partial charge on any atom is -0.389 e. The highest BCUT2D eigenvalue weighted by atomic mass is 32.2. The van der Waals surface area contributed by atoms with Gasteiger partial charge in [-0.25, -0.2) is 17.2 Å². The third-order valence-electron chi connectivity index (χ3n) is 9.62. The molecule has 3 atom stereocenters. The lowest BCUT2D eigenvalue weighted by Crippen LogP contribution is -2.63. The molecule has 2 aliphatic heterocycles. The number of nitrogens with zero attached hydrogens (tertiary/aromatic N) is 3. The van der Waals surface area contributed by atoms with E-state index in [2.05, 4.69) is 10.6 Å². The number of rotatable bonds is 9. The van der Waals surface area contributed by atoms with Crippen molar-refractivity contribution < 1.29 is 31.9 Å². The van der Waals surface area contributed by atoms with Crippen molar-refractivity contribution in [2.24, 2.45) is 0 Å². The summed E-state index contributed by atoms with van der Waals surface area (Å²) in [6, 6.07) is 13.3. The van der Waals surface area contributed by atoms with E-state index in [1.807, 2.05) is 48.0 Å². The summed E-state index contributed by atoms with van der Waals surface area (Å²) in [6.45, 7) is 6.63. The highest BCUT2D eigenvalue weighted by Crippen LogP contribution is 2.40. The van der Waals surface area contributed by atoms with E-state index < -0.39 is 50.5 Å². The Hall–Kier alpha value is -4.33. The predicted octanol–water partition coefficient (Wildman–Crippen LogP) is 3.74. The number of carbonyl (C=O) groups excluding carboxylic acids is 2. The van der Waals surface area contributed by atoms with E-state index in [4.69, 9.17) is 0 Å². The standard InChI is InChI=1S/C36H41F2N5O5S/c1-5-24-20-43-21-36(2,3)49(47,48)41(4)30-17-25(16-28(24)32(30)43)34(45)40-29(15-23-13-26(37)18-27(38)14-23)33(44)31-35(46)42(12-11-39-31)19-22-9-7-6-8-10-22/h6-10,13-14,16-18,20,29,31,33,39,44H,5,11-12,15,19,21H2,1-4H3,(H,40,45)/t29-,31-,33-/m0/s1. The number of hydrogen-bond donors (Lipinski definition) is 3. The molecule has 1 fully saturated rings. The SMILES string of the molecule is CCc1cn2c3c(cc(C(=O)N[C@@H](Cc4cc(F)cc(F)c4)[C@H](O)[C@@H]4NCCN(Cc5ccccc5)C4=O)cc13)N(C)S(=O)(=O)C(C)(C)C2. The second kappa shape index (κ2) is 13.2. The molecule has 3 aromatic carbocycles. The Labute approximate surface area is 284 Å². The molecular formula is C36H41F2N5O5S. The molecule has 0 radical (unpaired) electrons. The molecule has 0 unspecified atom stereocenters. The summed E-state index contributed by atoms with van der Waals surface area (Å²) in [5.41, 5.74) is 3.17. The van der Waals surface area contributed by atoms with Gasteiger partial charge in [0.1, 0.15) is 22.4 Å². The van der Waals surface area contributed by atoms with Crippen LogP contribution in [0.5, 0.6) is 0 Å². The van der Waals surface area contributed by atoms with Crippen molar-refractivity contribution in [2.45, 2.75) is 69.6 Å². The van der Waals surface area contributed by atoms with Gasteiger partial charge >= 0.3 is 0 Å². The van der Waals surface area contributed by atoms with Crippen molar-refractivity contribution in [3.63, 3.8) is 0 Å². The van der Waals surface area contributed by atoms with E-state index in [1.165, 1.54) is 17.4 Å². The Bertz CT molecular complexity index is 2000. The molecule has 6 rings (SSSR count). The normalized spacial score (nSPS) is 19.8. The zero-order chi connectivity index (χ0) is 35.2. The second-order valence-electron chi connectivity index (χ2n) is 13.5. The first-order chi connectivity index (χ1) is 23.2. The lowest BCUT2D eigenvalue weighted by molar-refractivity contribution is -0.140. The van der Waals surface area contributed by atoms with E-state index in [1.54, 1.807) is 24.8 Å². The second-order valence-corrected chi connectivity index (χ2v) is 16.1. The van der Waals surface area contributed by atoms with Crippen molar-refractivity contribution >= 4 is 38.4 Å². The van der Waals surface area contributed by atoms with Gasteiger partial charge < -0.3 is 25.2 Å². The Kier molecular flexibility index (Phi) is 9.29. The van der Waals surface area contributed by atoms with Crippen molar-refractivity contribution in [3.8, 4) is 0 Å². The van der Waals surface area contributed by atoms with Crippen LogP contribution in [0.3, 0.4) is 0 Å². The number of aliphatic hydroxyl groups is 1. The van der Waals surface area contributed by atoms with Gasteiger partial charge in [0, 0.05) is 56.4 Å². The summed E-state index contributed by atoms with van der Waals surface area (Å²) in [6.07, 6.45) is 0.855. The van der Waals surface area contributed by atoms with Gasteiger partial charge in [-0.2, -0.15) is 0 Å². The van der Waals surface area contributed by atoms with Crippen LogP contribution in [0.4, 0.5) is 14.5 Å². The zero-order valence-corrected chi connectivity index (χ0v) is 28.7. The van der Waals surface area contributed by atoms with Gasteiger partial charge in [0.15, 0.2) is 0 Å². The molecule has 2 amide bonds. The maximum atomic E-state index is 14.3. The van der Waals surface area contributed by atoms with Crippen LogP contribution in [0.1, 0.15) is 47.8 Å². The summed E-state index contributed by atoms with van der Waals surface area (Å²) in [7, 11) is -2.37. The molecule has 260 valence electrons. The van der Waals surface area contributed by atoms with Crippen LogP contribution >= 0.6 is 0 Å². The number of amides is 2. The molecule has 1 saturated heterocycles. The van der Waals surface area contributed by atoms with E-state index in [0.29, 0.717) is 37.3 Å². The minimum absolute atomic E-state index is 0.132. The summed E-state index contributed by atoms with van der Waals surface area (Å²) >= 11 is 0. The Morgan fingerprint density at radius 3 is 2.45 bits per heavy atom. The van der Waals surface area contributed by atoms with Crippen molar-refractivity contribution in [1.82, 2.24) is 20.1 Å². The number of benzene rings is 3. The average molecular weight is 694 g/mol. The number of piperazine rings is 1. The molecule has 10 nitrogen and oxygen atoms in total. The number of sulfonamides is 1. The van der Waals surface area contributed by atoms with E-state index in [0.717, 1.165) is 34.7 Å². The summed E-state index contributed by atoms with van der Waals surface area (Å²) < 4.78 is 57.8. The van der Waals surface area contributed by atoms with Crippen molar-refractivity contribution in [1.29, 1.82) is 0 Å². The molecule has 3 N–H and O–H groups in total. The molecular weight excluding hydrogens is 652 g/mol. The summed E-state index contributed by atoms with van der Waals surface area (Å²) in [5.74, 6) is -2.66. The highest BCUT2D eigenvalue weighted by molar-refractivity contribution is 7.94. The summed E-state index contributed by atoms with van der Waals surface area (Å²) in [5, 5.41) is 18.4. The maximum Gasteiger partial charge on any atom is 0.251 e. The number of aliphatic hydroxyl groups excluding tert-OH is 1. The number of aromatic nitrogens is 1. The number of hydrogen-bond acceptors (Lipinski definition) is 6. The number of halogens is 2. The Balaban J connectivity index is 1.36. The quantitative estimate of drug-likeness (QED) is 0.246. The third kappa shape index (κ3) is 6.54. The number of anilines is 1. The van der Waals surface area contributed by atoms with Gasteiger partial charge in [-0.15, -0.1) is 0 Å². The number of nitrogens with one attached hydrogen (secondary N) is 2. The van der Waals surface area contributed by atoms with Gasteiger partial charge in [0.25, 0.3) is 5.91 Å². The molecule has 4 aromatic rings. The topological polar surface area (TPSA) is 124 Å². The number of aryl methyl sites for hydroxylation is 1. The first-order valence-electron chi connectivity index (χ1n) is 16.3. The van der Waals surface area contributed by atoms with Gasteiger partial charge in [0.05, 0.1) is 23.3 Å². The zero-order valence-electron chi connectivity index (χ0n) is 27.9. The highest BCUT2D eigenvalue weighted by Gasteiger charge is 2.43. The van der Waals surface area contributed by atoms with Gasteiger partial charge in [-0.1, -0.05) is 37.3 Å². The predicted molar refractivity (Wildman–Crippen MR) is 184 cm³/mol. The maximum absolute atomic E-state index is 14.3. The lowest BCUT2D eigenvalue weighted by atomic mass is 9.93. The van der Waals surface area contributed by atoms with Crippen LogP contribution in [-0.2, 0) is 40.7 Å². The molecule has 49 heavy (non-hydrogen) atoms. The fraction of sp³-hybridized carbons (Fsp3) is 0.389. The van der Waals surface area contributed by atoms with Gasteiger partial charge in [-0.3, -0.25) is 13.9 Å². The first kappa shape index (κ1) is 34.5. The van der Waals surface area contributed by atoms with Gasteiger partial charge in [-0.05, 0) is 67.6 Å². The van der Waals surface area contributed by atoms with E-state index in [-0.39, 0.29) is 30.0 Å². The molecule has 3 heterocycles. The lowest BCUT2D eigenvalue weighted by Gasteiger charge is -2.38. The summed E-state index contributed by atoms with van der Waals surface area (Å²) in [4.78, 5) is 29.4. The fourth-order valence-electron chi connectivity index (χ4n) is 6.96. The third-order valence-corrected chi connectivity index (χ3v) is 12.1. The monoisotopic (exact) mass is 693 g/mol.